The summed E-state index contributed by atoms with van der Waals surface area (Å²) in [6.07, 6.45) is 3.72. The topological polar surface area (TPSA) is 132 Å². The summed E-state index contributed by atoms with van der Waals surface area (Å²) < 4.78 is 0. The number of likely N-dealkylation sites (tertiary alicyclic amines) is 1. The largest absolute Gasteiger partial charge is 0.507 e. The molecule has 0 spiro atoms. The average molecular weight is 500 g/mol. The summed E-state index contributed by atoms with van der Waals surface area (Å²) >= 11 is 0. The molecule has 2 aromatic carbocycles. The number of aromatic nitrogens is 1. The maximum absolute atomic E-state index is 12.8. The number of pyridine rings is 1. The van der Waals surface area contributed by atoms with Crippen molar-refractivity contribution in [2.45, 2.75) is 33.1 Å². The molecule has 1 aromatic heterocycles. The van der Waals surface area contributed by atoms with Crippen LogP contribution in [0.15, 0.2) is 54.6 Å². The van der Waals surface area contributed by atoms with Crippen LogP contribution in [-0.2, 0) is 4.79 Å². The number of amides is 1. The summed E-state index contributed by atoms with van der Waals surface area (Å²) in [6, 6.07) is 17.8. The fraction of sp³-hybridized carbons (Fsp3) is 0.310. The average Bonchev–Trinajstić information content (AvgIpc) is 2.89. The number of phenols is 1. The minimum atomic E-state index is -0.157. The minimum Gasteiger partial charge on any atom is -0.507 e. The highest BCUT2D eigenvalue weighted by atomic mass is 16.3. The van der Waals surface area contributed by atoms with Gasteiger partial charge < -0.3 is 25.9 Å². The van der Waals surface area contributed by atoms with Gasteiger partial charge >= 0.3 is 0 Å². The van der Waals surface area contributed by atoms with Gasteiger partial charge in [-0.1, -0.05) is 30.7 Å². The van der Waals surface area contributed by atoms with E-state index >= 15 is 0 Å². The molecule has 2 heterocycles. The Morgan fingerprint density at radius 2 is 1.76 bits per heavy atom. The third kappa shape index (κ3) is 7.63. The Bertz CT molecular complexity index is 1290. The van der Waals surface area contributed by atoms with Crippen LogP contribution in [0, 0.1) is 11.3 Å². The molecule has 0 saturated carbocycles. The number of para-hydroxylation sites is 1. The Kier molecular flexibility index (Phi) is 9.76. The van der Waals surface area contributed by atoms with E-state index in [2.05, 4.69) is 21.3 Å². The first-order valence-corrected chi connectivity index (χ1v) is 12.4. The number of rotatable bonds is 6. The number of nitrogen functional groups attached to an aromatic ring is 1. The van der Waals surface area contributed by atoms with Crippen molar-refractivity contribution in [2.24, 2.45) is 0 Å². The zero-order valence-corrected chi connectivity index (χ0v) is 21.3. The monoisotopic (exact) mass is 499 g/mol. The van der Waals surface area contributed by atoms with Crippen LogP contribution in [0.25, 0.3) is 22.4 Å². The third-order valence-corrected chi connectivity index (χ3v) is 5.94. The highest BCUT2D eigenvalue weighted by Crippen LogP contribution is 2.34. The van der Waals surface area contributed by atoms with Gasteiger partial charge in [0.2, 0.25) is 0 Å². The predicted molar refractivity (Wildman–Crippen MR) is 145 cm³/mol. The van der Waals surface area contributed by atoms with E-state index in [0.717, 1.165) is 19.6 Å². The molecular weight excluding hydrogens is 466 g/mol. The number of nitrogens with zero attached hydrogens (tertiary/aromatic N) is 3. The SMILES string of the molecule is CC(C)=O.N#Cc1c(-c2cccc(C(=O)NCCN3CCCCC3)c2)cc(-c2ccccc2O)nc1N. The zero-order chi connectivity index (χ0) is 26.8. The van der Waals surface area contributed by atoms with E-state index in [9.17, 15) is 20.0 Å². The summed E-state index contributed by atoms with van der Waals surface area (Å²) in [5.41, 5.74) is 9.05. The number of ketones is 1. The lowest BCUT2D eigenvalue weighted by Crippen LogP contribution is -2.37. The van der Waals surface area contributed by atoms with Gasteiger partial charge in [0, 0.05) is 29.8 Å². The fourth-order valence-electron chi connectivity index (χ4n) is 4.18. The fourth-order valence-corrected chi connectivity index (χ4v) is 4.18. The zero-order valence-electron chi connectivity index (χ0n) is 21.3. The van der Waals surface area contributed by atoms with E-state index in [0.29, 0.717) is 34.5 Å². The second kappa shape index (κ2) is 13.2. The summed E-state index contributed by atoms with van der Waals surface area (Å²) in [6.45, 7) is 6.66. The molecule has 1 saturated heterocycles. The van der Waals surface area contributed by atoms with Gasteiger partial charge in [0.1, 0.15) is 29.0 Å². The number of carbonyl (C=O) groups excluding carboxylic acids is 2. The van der Waals surface area contributed by atoms with E-state index in [1.54, 1.807) is 48.5 Å². The number of nitriles is 1. The lowest BCUT2D eigenvalue weighted by Gasteiger charge is -2.26. The van der Waals surface area contributed by atoms with Crippen LogP contribution in [-0.4, -0.2) is 52.9 Å². The molecule has 1 fully saturated rings. The van der Waals surface area contributed by atoms with Crippen molar-refractivity contribution >= 4 is 17.5 Å². The Labute approximate surface area is 217 Å². The number of anilines is 1. The molecule has 8 heteroatoms. The second-order valence-corrected chi connectivity index (χ2v) is 9.09. The quantitative estimate of drug-likeness (QED) is 0.458. The van der Waals surface area contributed by atoms with Crippen LogP contribution in [0.1, 0.15) is 49.0 Å². The number of hydrogen-bond acceptors (Lipinski definition) is 7. The first kappa shape index (κ1) is 27.4. The van der Waals surface area contributed by atoms with Crippen LogP contribution >= 0.6 is 0 Å². The molecular formula is C29H33N5O3. The number of aromatic hydroxyl groups is 1. The lowest BCUT2D eigenvalue weighted by molar-refractivity contribution is -0.115. The highest BCUT2D eigenvalue weighted by Gasteiger charge is 2.17. The van der Waals surface area contributed by atoms with Gasteiger partial charge in [-0.3, -0.25) is 4.79 Å². The van der Waals surface area contributed by atoms with Crippen molar-refractivity contribution in [1.82, 2.24) is 15.2 Å². The smallest absolute Gasteiger partial charge is 0.251 e. The van der Waals surface area contributed by atoms with Crippen molar-refractivity contribution < 1.29 is 14.7 Å². The van der Waals surface area contributed by atoms with Gasteiger partial charge in [-0.25, -0.2) is 4.98 Å². The number of phenolic OH excluding ortho intramolecular Hbond substituents is 1. The molecule has 0 unspecified atom stereocenters. The number of carbonyl (C=O) groups is 2. The van der Waals surface area contributed by atoms with Gasteiger partial charge in [0.25, 0.3) is 5.91 Å². The highest BCUT2D eigenvalue weighted by molar-refractivity contribution is 5.96. The molecule has 1 amide bonds. The second-order valence-electron chi connectivity index (χ2n) is 9.09. The van der Waals surface area contributed by atoms with Crippen molar-refractivity contribution in [3.05, 3.63) is 65.7 Å². The molecule has 0 aliphatic carbocycles. The molecule has 1 aliphatic rings. The number of nitrogens with one attached hydrogen (secondary N) is 1. The minimum absolute atomic E-state index is 0.0712. The number of benzene rings is 2. The Morgan fingerprint density at radius 3 is 2.43 bits per heavy atom. The van der Waals surface area contributed by atoms with Crippen LogP contribution in [0.4, 0.5) is 5.82 Å². The van der Waals surface area contributed by atoms with Gasteiger partial charge in [0.15, 0.2) is 0 Å². The van der Waals surface area contributed by atoms with Crippen LogP contribution in [0.3, 0.4) is 0 Å². The Balaban J connectivity index is 0.000000886. The Morgan fingerprint density at radius 1 is 1.05 bits per heavy atom. The van der Waals surface area contributed by atoms with Crippen molar-refractivity contribution in [3.8, 4) is 34.2 Å². The maximum atomic E-state index is 12.8. The Hall–Kier alpha value is -4.22. The maximum Gasteiger partial charge on any atom is 0.251 e. The van der Waals surface area contributed by atoms with Crippen molar-refractivity contribution in [3.63, 3.8) is 0 Å². The molecule has 4 N–H and O–H groups in total. The normalized spacial score (nSPS) is 13.1. The van der Waals surface area contributed by atoms with E-state index < -0.39 is 0 Å². The van der Waals surface area contributed by atoms with E-state index in [1.165, 1.54) is 33.1 Å². The summed E-state index contributed by atoms with van der Waals surface area (Å²) in [5, 5.41) is 22.9. The number of hydrogen-bond donors (Lipinski definition) is 3. The van der Waals surface area contributed by atoms with Crippen LogP contribution < -0.4 is 11.1 Å². The van der Waals surface area contributed by atoms with E-state index in [1.807, 2.05) is 6.07 Å². The third-order valence-electron chi connectivity index (χ3n) is 5.94. The number of nitrogens with two attached hydrogens (primary N) is 1. The molecule has 0 bridgehead atoms. The summed E-state index contributed by atoms with van der Waals surface area (Å²) in [7, 11) is 0. The molecule has 1 aliphatic heterocycles. The van der Waals surface area contributed by atoms with Crippen LogP contribution in [0.5, 0.6) is 5.75 Å². The van der Waals surface area contributed by atoms with Crippen molar-refractivity contribution in [1.29, 1.82) is 5.26 Å². The molecule has 4 rings (SSSR count). The summed E-state index contributed by atoms with van der Waals surface area (Å²) in [4.78, 5) is 28.9. The van der Waals surface area contributed by atoms with Gasteiger partial charge in [0.05, 0.1) is 5.69 Å². The first-order valence-electron chi connectivity index (χ1n) is 12.4. The molecule has 37 heavy (non-hydrogen) atoms. The first-order chi connectivity index (χ1) is 17.8. The van der Waals surface area contributed by atoms with Crippen molar-refractivity contribution in [2.75, 3.05) is 31.9 Å². The molecule has 3 aromatic rings. The summed E-state index contributed by atoms with van der Waals surface area (Å²) in [5.74, 6) is 0.154. The van der Waals surface area contributed by atoms with Gasteiger partial charge in [-0.2, -0.15) is 5.26 Å². The van der Waals surface area contributed by atoms with E-state index in [4.69, 9.17) is 5.73 Å². The molecule has 0 radical (unpaired) electrons. The lowest BCUT2D eigenvalue weighted by atomic mass is 9.96. The van der Waals surface area contributed by atoms with Gasteiger partial charge in [-0.05, 0) is 75.7 Å². The van der Waals surface area contributed by atoms with E-state index in [-0.39, 0.29) is 28.8 Å². The number of piperidine rings is 1. The predicted octanol–water partition coefficient (Wildman–Crippen LogP) is 4.39. The molecule has 8 nitrogen and oxygen atoms in total. The molecule has 0 atom stereocenters. The number of Topliss-reactive ketones (excluding diaryl/α,β-unsaturated/α-hetero) is 1. The van der Waals surface area contributed by atoms with Crippen LogP contribution in [0.2, 0.25) is 0 Å². The van der Waals surface area contributed by atoms with Gasteiger partial charge in [-0.15, -0.1) is 0 Å². The molecule has 192 valence electrons. The standard InChI is InChI=1S/C26H27N5O2.C3H6O/c27-17-22-21(16-23(30-25(22)28)20-9-2-3-10-24(20)32)18-7-6-8-19(15-18)26(33)29-11-14-31-12-4-1-5-13-31;1-3(2)4/h2-3,6-10,15-16,32H,1,4-5,11-14H2,(H2,28,30)(H,29,33);1-2H3.